The predicted molar refractivity (Wildman–Crippen MR) is 89.2 cm³/mol. The fourth-order valence-electron chi connectivity index (χ4n) is 2.96. The van der Waals surface area contributed by atoms with Crippen LogP contribution in [0.3, 0.4) is 0 Å². The molecule has 1 heterocycles. The van der Waals surface area contributed by atoms with Gasteiger partial charge in [-0.2, -0.15) is 0 Å². The van der Waals surface area contributed by atoms with Gasteiger partial charge in [-0.25, -0.2) is 4.79 Å². The molecule has 2 unspecified atom stereocenters. The highest BCUT2D eigenvalue weighted by molar-refractivity contribution is 6.31. The predicted octanol–water partition coefficient (Wildman–Crippen LogP) is 3.64. The molecule has 1 aliphatic rings. The zero-order chi connectivity index (χ0) is 16.3. The summed E-state index contributed by atoms with van der Waals surface area (Å²) in [4.78, 5) is 13.9. The van der Waals surface area contributed by atoms with Crippen LogP contribution in [0.25, 0.3) is 0 Å². The lowest BCUT2D eigenvalue weighted by Crippen LogP contribution is -2.36. The van der Waals surface area contributed by atoms with E-state index in [2.05, 4.69) is 0 Å². The highest BCUT2D eigenvalue weighted by Crippen LogP contribution is 2.35. The topological polar surface area (TPSA) is 55.6 Å². The van der Waals surface area contributed by atoms with Crippen LogP contribution in [0.5, 0.6) is 0 Å². The number of hydrogen-bond acceptors (Lipinski definition) is 3. The third-order valence-electron chi connectivity index (χ3n) is 4.00. The maximum absolute atomic E-state index is 12.2. The molecule has 1 aromatic rings. The van der Waals surface area contributed by atoms with Crippen molar-refractivity contribution in [2.75, 3.05) is 19.6 Å². The number of benzene rings is 1. The van der Waals surface area contributed by atoms with Gasteiger partial charge < -0.3 is 15.4 Å². The number of hydrogen-bond donors (Lipinski definition) is 1. The highest BCUT2D eigenvalue weighted by atomic mass is 35.5. The van der Waals surface area contributed by atoms with Gasteiger partial charge in [0.2, 0.25) is 0 Å². The number of halogens is 1. The molecule has 122 valence electrons. The number of amides is 1. The second-order valence-electron chi connectivity index (χ2n) is 6.84. The number of carbonyl (C=O) groups excluding carboxylic acids is 1. The van der Waals surface area contributed by atoms with Crippen LogP contribution in [0, 0.1) is 5.92 Å². The highest BCUT2D eigenvalue weighted by Gasteiger charge is 2.34. The molecule has 5 heteroatoms. The maximum atomic E-state index is 12.2. The van der Waals surface area contributed by atoms with Gasteiger partial charge in [-0.15, -0.1) is 0 Å². The van der Waals surface area contributed by atoms with Crippen LogP contribution in [0.15, 0.2) is 24.3 Å². The van der Waals surface area contributed by atoms with Crippen LogP contribution in [-0.4, -0.2) is 36.2 Å². The molecular weight excluding hydrogens is 300 g/mol. The average molecular weight is 325 g/mol. The quantitative estimate of drug-likeness (QED) is 0.923. The molecule has 1 fully saturated rings. The van der Waals surface area contributed by atoms with Crippen LogP contribution in [0.2, 0.25) is 5.02 Å². The summed E-state index contributed by atoms with van der Waals surface area (Å²) in [7, 11) is 0. The van der Waals surface area contributed by atoms with Crippen molar-refractivity contribution in [1.82, 2.24) is 4.90 Å². The third-order valence-corrected chi connectivity index (χ3v) is 4.35. The van der Waals surface area contributed by atoms with Crippen molar-refractivity contribution in [3.05, 3.63) is 34.9 Å². The van der Waals surface area contributed by atoms with Crippen molar-refractivity contribution < 1.29 is 9.53 Å². The van der Waals surface area contributed by atoms with Crippen molar-refractivity contribution in [3.8, 4) is 0 Å². The van der Waals surface area contributed by atoms with Crippen LogP contribution in [0.4, 0.5) is 4.79 Å². The standard InChI is InChI=1S/C17H25ClN2O2/c1-17(2,3)22-16(21)20-9-8-12(11-20)14(10-19)13-6-4-5-7-15(13)18/h4-7,12,14H,8-11,19H2,1-3H3. The second kappa shape index (κ2) is 6.88. The van der Waals surface area contributed by atoms with Gasteiger partial charge in [-0.3, -0.25) is 0 Å². The van der Waals surface area contributed by atoms with E-state index in [9.17, 15) is 4.79 Å². The van der Waals surface area contributed by atoms with E-state index in [0.717, 1.165) is 17.0 Å². The van der Waals surface area contributed by atoms with E-state index in [1.165, 1.54) is 0 Å². The van der Waals surface area contributed by atoms with E-state index < -0.39 is 5.60 Å². The van der Waals surface area contributed by atoms with Crippen LogP contribution in [0.1, 0.15) is 38.7 Å². The fourth-order valence-corrected chi connectivity index (χ4v) is 3.23. The molecule has 1 aliphatic heterocycles. The van der Waals surface area contributed by atoms with Gasteiger partial charge in [0, 0.05) is 24.0 Å². The molecule has 1 aromatic carbocycles. The minimum absolute atomic E-state index is 0.168. The number of nitrogens with two attached hydrogens (primary N) is 1. The fraction of sp³-hybridized carbons (Fsp3) is 0.588. The largest absolute Gasteiger partial charge is 0.444 e. The van der Waals surface area contributed by atoms with Crippen molar-refractivity contribution in [1.29, 1.82) is 0 Å². The van der Waals surface area contributed by atoms with Crippen molar-refractivity contribution in [3.63, 3.8) is 0 Å². The number of likely N-dealkylation sites (tertiary alicyclic amines) is 1. The molecule has 22 heavy (non-hydrogen) atoms. The molecule has 2 rings (SSSR count). The molecule has 0 spiro atoms. The first-order valence-corrected chi connectivity index (χ1v) is 8.12. The molecule has 2 atom stereocenters. The zero-order valence-electron chi connectivity index (χ0n) is 13.5. The van der Waals surface area contributed by atoms with Crippen molar-refractivity contribution >= 4 is 17.7 Å². The maximum Gasteiger partial charge on any atom is 0.410 e. The number of rotatable bonds is 3. The SMILES string of the molecule is CC(C)(C)OC(=O)N1CCC(C(CN)c2ccccc2Cl)C1. The van der Waals surface area contributed by atoms with Gasteiger partial charge in [-0.05, 0) is 51.3 Å². The third kappa shape index (κ3) is 4.14. The Hall–Kier alpha value is -1.26. The van der Waals surface area contributed by atoms with E-state index in [4.69, 9.17) is 22.1 Å². The second-order valence-corrected chi connectivity index (χ2v) is 7.25. The monoisotopic (exact) mass is 324 g/mol. The van der Waals surface area contributed by atoms with Gasteiger partial charge in [0.25, 0.3) is 0 Å². The van der Waals surface area contributed by atoms with Crippen molar-refractivity contribution in [2.45, 2.75) is 38.7 Å². The Morgan fingerprint density at radius 3 is 2.73 bits per heavy atom. The van der Waals surface area contributed by atoms with Crippen LogP contribution < -0.4 is 5.73 Å². The minimum Gasteiger partial charge on any atom is -0.444 e. The minimum atomic E-state index is -0.467. The summed E-state index contributed by atoms with van der Waals surface area (Å²) in [6, 6.07) is 7.81. The Morgan fingerprint density at radius 1 is 1.45 bits per heavy atom. The van der Waals surface area contributed by atoms with E-state index in [0.29, 0.717) is 25.6 Å². The van der Waals surface area contributed by atoms with E-state index in [1.54, 1.807) is 4.90 Å². The first-order chi connectivity index (χ1) is 10.3. The van der Waals surface area contributed by atoms with E-state index in [-0.39, 0.29) is 12.0 Å². The molecule has 0 radical (unpaired) electrons. The number of ether oxygens (including phenoxy) is 1. The molecule has 0 aromatic heterocycles. The van der Waals surface area contributed by atoms with Gasteiger partial charge in [0.15, 0.2) is 0 Å². The van der Waals surface area contributed by atoms with Crippen molar-refractivity contribution in [2.24, 2.45) is 11.7 Å². The van der Waals surface area contributed by atoms with E-state index >= 15 is 0 Å². The van der Waals surface area contributed by atoms with Crippen LogP contribution in [-0.2, 0) is 4.74 Å². The molecule has 1 saturated heterocycles. The Labute approximate surface area is 137 Å². The molecule has 0 aliphatic carbocycles. The van der Waals surface area contributed by atoms with E-state index in [1.807, 2.05) is 45.0 Å². The zero-order valence-corrected chi connectivity index (χ0v) is 14.3. The lowest BCUT2D eigenvalue weighted by Gasteiger charge is -2.26. The summed E-state index contributed by atoms with van der Waals surface area (Å²) >= 11 is 6.30. The molecule has 1 amide bonds. The first-order valence-electron chi connectivity index (χ1n) is 7.74. The molecule has 0 saturated carbocycles. The smallest absolute Gasteiger partial charge is 0.410 e. The van der Waals surface area contributed by atoms with Crippen LogP contribution >= 0.6 is 11.6 Å². The summed E-state index contributed by atoms with van der Waals surface area (Å²) < 4.78 is 5.44. The number of carbonyl (C=O) groups is 1. The van der Waals surface area contributed by atoms with Gasteiger partial charge in [0.1, 0.15) is 5.60 Å². The molecule has 4 nitrogen and oxygen atoms in total. The number of nitrogens with zero attached hydrogens (tertiary/aromatic N) is 1. The Balaban J connectivity index is 2.05. The normalized spacial score (nSPS) is 20.0. The first kappa shape index (κ1) is 17.1. The molecular formula is C17H25ClN2O2. The Kier molecular flexibility index (Phi) is 5.35. The molecule has 0 bridgehead atoms. The lowest BCUT2D eigenvalue weighted by atomic mass is 9.85. The molecule has 2 N–H and O–H groups in total. The Bertz CT molecular complexity index is 528. The van der Waals surface area contributed by atoms with Gasteiger partial charge in [-0.1, -0.05) is 29.8 Å². The Morgan fingerprint density at radius 2 is 2.14 bits per heavy atom. The van der Waals surface area contributed by atoms with Gasteiger partial charge >= 0.3 is 6.09 Å². The average Bonchev–Trinajstić information content (AvgIpc) is 2.89. The lowest BCUT2D eigenvalue weighted by molar-refractivity contribution is 0.0286. The summed E-state index contributed by atoms with van der Waals surface area (Å²) in [6.07, 6.45) is 0.678. The summed E-state index contributed by atoms with van der Waals surface area (Å²) in [6.45, 7) is 7.54. The summed E-state index contributed by atoms with van der Waals surface area (Å²) in [5, 5.41) is 0.744. The summed E-state index contributed by atoms with van der Waals surface area (Å²) in [5.74, 6) is 0.485. The summed E-state index contributed by atoms with van der Waals surface area (Å²) in [5.41, 5.74) is 6.59. The van der Waals surface area contributed by atoms with Gasteiger partial charge in [0.05, 0.1) is 0 Å².